The molecule has 0 aliphatic rings. The molecule has 0 saturated carbocycles. The molecule has 0 aliphatic carbocycles. The second-order valence-electron chi connectivity index (χ2n) is 5.71. The van der Waals surface area contributed by atoms with E-state index >= 15 is 0 Å². The van der Waals surface area contributed by atoms with Crippen molar-refractivity contribution in [2.75, 3.05) is 5.73 Å². The molecule has 0 saturated heterocycles. The van der Waals surface area contributed by atoms with Crippen LogP contribution in [0.5, 0.6) is 0 Å². The molecule has 2 heterocycles. The summed E-state index contributed by atoms with van der Waals surface area (Å²) in [6.45, 7) is 2.10. The molecule has 0 aliphatic heterocycles. The van der Waals surface area contributed by atoms with E-state index in [0.717, 1.165) is 33.3 Å². The van der Waals surface area contributed by atoms with Gasteiger partial charge < -0.3 is 5.73 Å². The van der Waals surface area contributed by atoms with Gasteiger partial charge in [0.2, 0.25) is 0 Å². The molecule has 24 heavy (non-hydrogen) atoms. The van der Waals surface area contributed by atoms with E-state index < -0.39 is 0 Å². The number of nitrogens with zero attached hydrogens (tertiary/aromatic N) is 3. The highest BCUT2D eigenvalue weighted by atomic mass is 14.9. The molecule has 0 bridgehead atoms. The molecule has 0 fully saturated rings. The Balaban J connectivity index is 1.95. The number of aryl methyl sites for hydroxylation is 1. The third kappa shape index (κ3) is 2.38. The van der Waals surface area contributed by atoms with E-state index in [9.17, 15) is 0 Å². The summed E-state index contributed by atoms with van der Waals surface area (Å²) in [5, 5.41) is 0.856. The number of hydrogen-bond acceptors (Lipinski definition) is 4. The van der Waals surface area contributed by atoms with Gasteiger partial charge in [0.25, 0.3) is 0 Å². The Labute approximate surface area is 140 Å². The van der Waals surface area contributed by atoms with Crippen LogP contribution in [0.2, 0.25) is 0 Å². The van der Waals surface area contributed by atoms with Gasteiger partial charge in [0.1, 0.15) is 12.1 Å². The van der Waals surface area contributed by atoms with Gasteiger partial charge in [0.05, 0.1) is 11.2 Å². The van der Waals surface area contributed by atoms with Crippen LogP contribution in [0.25, 0.3) is 33.3 Å². The first-order chi connectivity index (χ1) is 11.7. The molecule has 0 spiro atoms. The lowest BCUT2D eigenvalue weighted by molar-refractivity contribution is 1.23. The molecule has 116 valence electrons. The molecule has 2 aromatic carbocycles. The molecule has 0 atom stereocenters. The Bertz CT molecular complexity index is 1040. The predicted molar refractivity (Wildman–Crippen MR) is 97.4 cm³/mol. The van der Waals surface area contributed by atoms with E-state index in [1.165, 1.54) is 11.9 Å². The second kappa shape index (κ2) is 5.74. The molecular weight excluding hydrogens is 296 g/mol. The van der Waals surface area contributed by atoms with Gasteiger partial charge in [-0.3, -0.25) is 4.98 Å². The highest BCUT2D eigenvalue weighted by Gasteiger charge is 2.11. The van der Waals surface area contributed by atoms with Crippen molar-refractivity contribution in [2.24, 2.45) is 0 Å². The van der Waals surface area contributed by atoms with Crippen LogP contribution in [-0.4, -0.2) is 15.0 Å². The zero-order chi connectivity index (χ0) is 16.5. The minimum atomic E-state index is 0.489. The summed E-state index contributed by atoms with van der Waals surface area (Å²) in [5.74, 6) is 0.489. The summed E-state index contributed by atoms with van der Waals surface area (Å²) < 4.78 is 0. The Morgan fingerprint density at radius 1 is 0.833 bits per heavy atom. The second-order valence-corrected chi connectivity index (χ2v) is 5.71. The van der Waals surface area contributed by atoms with Gasteiger partial charge in [-0.15, -0.1) is 0 Å². The van der Waals surface area contributed by atoms with Crippen LogP contribution in [0.3, 0.4) is 0 Å². The fourth-order valence-corrected chi connectivity index (χ4v) is 2.94. The van der Waals surface area contributed by atoms with Crippen LogP contribution in [-0.2, 0) is 0 Å². The fraction of sp³-hybridized carbons (Fsp3) is 0.0500. The number of hydrogen-bond donors (Lipinski definition) is 1. The molecule has 2 N–H and O–H groups in total. The maximum absolute atomic E-state index is 6.01. The van der Waals surface area contributed by atoms with E-state index in [0.29, 0.717) is 5.82 Å². The van der Waals surface area contributed by atoms with Crippen molar-refractivity contribution in [1.82, 2.24) is 15.0 Å². The predicted octanol–water partition coefficient (Wildman–Crippen LogP) is 4.25. The first-order valence-electron chi connectivity index (χ1n) is 7.75. The number of nitrogens with two attached hydrogens (primary N) is 1. The van der Waals surface area contributed by atoms with Crippen molar-refractivity contribution in [3.8, 4) is 22.4 Å². The van der Waals surface area contributed by atoms with Crippen LogP contribution < -0.4 is 5.73 Å². The summed E-state index contributed by atoms with van der Waals surface area (Å²) in [7, 11) is 0. The maximum Gasteiger partial charge on any atom is 0.134 e. The van der Waals surface area contributed by atoms with Gasteiger partial charge in [-0.1, -0.05) is 36.4 Å². The molecule has 4 aromatic rings. The Morgan fingerprint density at radius 3 is 2.54 bits per heavy atom. The van der Waals surface area contributed by atoms with E-state index in [-0.39, 0.29) is 0 Å². The maximum atomic E-state index is 6.01. The van der Waals surface area contributed by atoms with Crippen LogP contribution in [0.4, 0.5) is 5.82 Å². The van der Waals surface area contributed by atoms with Gasteiger partial charge in [-0.05, 0) is 36.2 Å². The Kier molecular flexibility index (Phi) is 3.43. The van der Waals surface area contributed by atoms with Crippen molar-refractivity contribution in [1.29, 1.82) is 0 Å². The van der Waals surface area contributed by atoms with Crippen LogP contribution >= 0.6 is 0 Å². The van der Waals surface area contributed by atoms with Gasteiger partial charge in [0, 0.05) is 22.7 Å². The summed E-state index contributed by atoms with van der Waals surface area (Å²) in [5.41, 5.74) is 12.3. The molecule has 4 heteroatoms. The van der Waals surface area contributed by atoms with Crippen molar-refractivity contribution in [3.05, 3.63) is 72.7 Å². The topological polar surface area (TPSA) is 64.7 Å². The Hall–Kier alpha value is -3.27. The lowest BCUT2D eigenvalue weighted by Crippen LogP contribution is -1.95. The van der Waals surface area contributed by atoms with Gasteiger partial charge in [-0.25, -0.2) is 9.97 Å². The van der Waals surface area contributed by atoms with Gasteiger partial charge >= 0.3 is 0 Å². The van der Waals surface area contributed by atoms with E-state index in [2.05, 4.69) is 40.1 Å². The van der Waals surface area contributed by atoms with Gasteiger partial charge in [0.15, 0.2) is 0 Å². The summed E-state index contributed by atoms with van der Waals surface area (Å²) in [6, 6.07) is 18.3. The number of fused-ring (bicyclic) bond motifs is 1. The number of nitrogen functional groups attached to an aromatic ring is 1. The van der Waals surface area contributed by atoms with Crippen LogP contribution in [0, 0.1) is 6.92 Å². The molecule has 4 rings (SSSR count). The summed E-state index contributed by atoms with van der Waals surface area (Å²) in [6.07, 6.45) is 3.31. The largest absolute Gasteiger partial charge is 0.383 e. The molecule has 0 radical (unpaired) electrons. The van der Waals surface area contributed by atoms with Crippen LogP contribution in [0.1, 0.15) is 5.56 Å². The monoisotopic (exact) mass is 312 g/mol. The first-order valence-corrected chi connectivity index (χ1v) is 7.75. The molecule has 2 aromatic heterocycles. The molecule has 0 amide bonds. The van der Waals surface area contributed by atoms with Crippen molar-refractivity contribution in [3.63, 3.8) is 0 Å². The van der Waals surface area contributed by atoms with Crippen LogP contribution in [0.15, 0.2) is 67.1 Å². The number of aromatic nitrogens is 3. The average Bonchev–Trinajstić information content (AvgIpc) is 2.62. The number of anilines is 1. The zero-order valence-electron chi connectivity index (χ0n) is 13.3. The van der Waals surface area contributed by atoms with E-state index in [1.54, 1.807) is 0 Å². The number of benzene rings is 2. The highest BCUT2D eigenvalue weighted by Crippen LogP contribution is 2.33. The fourth-order valence-electron chi connectivity index (χ4n) is 2.94. The highest BCUT2D eigenvalue weighted by molar-refractivity contribution is 5.93. The third-order valence-corrected chi connectivity index (χ3v) is 4.19. The Morgan fingerprint density at radius 2 is 1.67 bits per heavy atom. The third-order valence-electron chi connectivity index (χ3n) is 4.19. The normalized spacial score (nSPS) is 10.9. The first kappa shape index (κ1) is 14.3. The minimum absolute atomic E-state index is 0.489. The molecular formula is C20H16N4. The average molecular weight is 312 g/mol. The number of rotatable bonds is 2. The van der Waals surface area contributed by atoms with E-state index in [1.807, 2.05) is 42.6 Å². The van der Waals surface area contributed by atoms with Gasteiger partial charge in [-0.2, -0.15) is 0 Å². The van der Waals surface area contributed by atoms with Crippen molar-refractivity contribution >= 4 is 16.7 Å². The lowest BCUT2D eigenvalue weighted by atomic mass is 9.96. The number of pyridine rings is 1. The van der Waals surface area contributed by atoms with Crippen molar-refractivity contribution in [2.45, 2.75) is 6.92 Å². The SMILES string of the molecule is Cc1ccccc1-c1ncccc1-c1ccc2ncnc(N)c2c1. The standard InChI is InChI=1S/C20H16N4/c1-13-5-2-3-6-15(13)19-16(7-4-10-22-19)14-8-9-18-17(11-14)20(21)24-12-23-18/h2-12H,1H3,(H2,21,23,24). The van der Waals surface area contributed by atoms with Crippen molar-refractivity contribution < 1.29 is 0 Å². The van der Waals surface area contributed by atoms with E-state index in [4.69, 9.17) is 5.73 Å². The quantitative estimate of drug-likeness (QED) is 0.601. The smallest absolute Gasteiger partial charge is 0.134 e. The summed E-state index contributed by atoms with van der Waals surface area (Å²) in [4.78, 5) is 13.0. The molecule has 0 unspecified atom stereocenters. The summed E-state index contributed by atoms with van der Waals surface area (Å²) >= 11 is 0. The molecule has 4 nitrogen and oxygen atoms in total. The zero-order valence-corrected chi connectivity index (χ0v) is 13.3. The minimum Gasteiger partial charge on any atom is -0.383 e. The lowest BCUT2D eigenvalue weighted by Gasteiger charge is -2.12.